The smallest absolute Gasteiger partial charge is 0.463 e. The van der Waals surface area contributed by atoms with E-state index in [0.29, 0.717) is 0 Å². The molecule has 234 valence electrons. The van der Waals surface area contributed by atoms with Crippen LogP contribution in [-0.2, 0) is 43.4 Å². The van der Waals surface area contributed by atoms with Gasteiger partial charge in [0.05, 0.1) is 12.0 Å². The normalized spacial score (nSPS) is 22.4. The summed E-state index contributed by atoms with van der Waals surface area (Å²) in [6.45, 7) is -5.02. The molecule has 0 amide bonds. The summed E-state index contributed by atoms with van der Waals surface area (Å²) in [5.74, 6) is -24.1. The Morgan fingerprint density at radius 3 is 1.93 bits per heavy atom. The molecule has 1 aliphatic rings. The van der Waals surface area contributed by atoms with Crippen molar-refractivity contribution in [2.45, 2.75) is 61.4 Å². The van der Waals surface area contributed by atoms with Crippen molar-refractivity contribution < 1.29 is 95.3 Å². The number of ether oxygens (including phenoxy) is 4. The molecule has 0 bridgehead atoms. The molecule has 22 heteroatoms. The van der Waals surface area contributed by atoms with E-state index in [1.165, 1.54) is 0 Å². The zero-order valence-electron chi connectivity index (χ0n) is 19.8. The third-order valence-electron chi connectivity index (χ3n) is 5.24. The zero-order valence-corrected chi connectivity index (χ0v) is 20.6. The Balaban J connectivity index is 3.12. The highest BCUT2D eigenvalue weighted by atomic mass is 32.2. The molecule has 0 radical (unpaired) electrons. The molecule has 0 heterocycles. The fraction of sp³-hybridized carbons (Fsp3) is 0.833. The molecule has 1 aliphatic carbocycles. The van der Waals surface area contributed by atoms with Gasteiger partial charge in [-0.25, -0.2) is 18.8 Å². The van der Waals surface area contributed by atoms with E-state index >= 15 is 0 Å². The van der Waals surface area contributed by atoms with Gasteiger partial charge in [0.2, 0.25) is 5.79 Å². The van der Waals surface area contributed by atoms with Gasteiger partial charge in [0.1, 0.15) is 13.2 Å². The minimum absolute atomic E-state index is 0.173. The van der Waals surface area contributed by atoms with Gasteiger partial charge in [-0.05, 0) is 12.8 Å². The largest absolute Gasteiger partial charge is 0.465 e. The minimum Gasteiger partial charge on any atom is -0.463 e. The molecular weight excluding hydrogens is 614 g/mol. The van der Waals surface area contributed by atoms with Gasteiger partial charge >= 0.3 is 51.3 Å². The Labute approximate surface area is 217 Å². The van der Waals surface area contributed by atoms with Gasteiger partial charge in [0.15, 0.2) is 12.8 Å². The van der Waals surface area contributed by atoms with Crippen LogP contribution in [0.4, 0.5) is 43.9 Å². The number of carbonyl (C=O) groups is 3. The highest BCUT2D eigenvalue weighted by Crippen LogP contribution is 2.47. The summed E-state index contributed by atoms with van der Waals surface area (Å²) in [4.78, 5) is 34.1. The number of hydrogen-bond donors (Lipinski definition) is 2. The fourth-order valence-electron chi connectivity index (χ4n) is 2.90. The van der Waals surface area contributed by atoms with Crippen molar-refractivity contribution in [2.75, 3.05) is 26.5 Å². The highest BCUT2D eigenvalue weighted by molar-refractivity contribution is 7.87. The van der Waals surface area contributed by atoms with E-state index in [1.54, 1.807) is 0 Å². The van der Waals surface area contributed by atoms with E-state index < -0.39 is 108 Å². The van der Waals surface area contributed by atoms with E-state index in [0.717, 1.165) is 6.92 Å². The molecule has 0 aromatic heterocycles. The molecule has 3 atom stereocenters. The second-order valence-electron chi connectivity index (χ2n) is 8.74. The summed E-state index contributed by atoms with van der Waals surface area (Å²) in [5.41, 5.74) is -2.25. The van der Waals surface area contributed by atoms with E-state index in [4.69, 9.17) is 9.29 Å². The Kier molecular flexibility index (Phi) is 10.5. The highest BCUT2D eigenvalue weighted by Gasteiger charge is 2.77. The van der Waals surface area contributed by atoms with E-state index in [-0.39, 0.29) is 6.42 Å². The maximum atomic E-state index is 13.6. The lowest BCUT2D eigenvalue weighted by atomic mass is 9.93. The van der Waals surface area contributed by atoms with Crippen LogP contribution in [0.5, 0.6) is 0 Å². The number of rotatable bonds is 13. The summed E-state index contributed by atoms with van der Waals surface area (Å²) >= 11 is 0. The van der Waals surface area contributed by atoms with Crippen LogP contribution in [0.2, 0.25) is 0 Å². The van der Waals surface area contributed by atoms with Crippen LogP contribution in [0.1, 0.15) is 26.2 Å². The Hall–Kier alpha value is -2.46. The molecule has 1 rings (SSSR count). The second kappa shape index (κ2) is 11.8. The van der Waals surface area contributed by atoms with Crippen molar-refractivity contribution in [1.29, 1.82) is 0 Å². The predicted molar refractivity (Wildman–Crippen MR) is 103 cm³/mol. The molecule has 11 nitrogen and oxygen atoms in total. The van der Waals surface area contributed by atoms with Crippen LogP contribution in [0.25, 0.3) is 0 Å². The first-order chi connectivity index (χ1) is 17.8. The number of halogens is 10. The van der Waals surface area contributed by atoms with Crippen molar-refractivity contribution >= 4 is 28.0 Å². The topological polar surface area (TPSA) is 163 Å². The zero-order chi connectivity index (χ0) is 31.6. The molecule has 1 fully saturated rings. The molecule has 0 saturated heterocycles. The third kappa shape index (κ3) is 7.63. The Morgan fingerprint density at radius 1 is 0.925 bits per heavy atom. The minimum atomic E-state index is -6.90. The summed E-state index contributed by atoms with van der Waals surface area (Å²) in [7, 11) is -6.32. The third-order valence-corrected chi connectivity index (χ3v) is 6.05. The standard InChI is InChI=1S/C18H20F10O11S/c1-13(6-36-10(29)5-19,7-37-11(30)15(20,21)17(24,25)18(26,27)28)8-38-14(32)4-2-3-9(14)39-12(31)16(22,23)40(33,34)35/h9,32H,2-8H2,1H3,(H,33,34,35). The van der Waals surface area contributed by atoms with Crippen molar-refractivity contribution in [1.82, 2.24) is 0 Å². The van der Waals surface area contributed by atoms with Gasteiger partial charge in [-0.2, -0.15) is 47.9 Å². The maximum Gasteiger partial charge on any atom is 0.465 e. The van der Waals surface area contributed by atoms with Gasteiger partial charge in [-0.15, -0.1) is 0 Å². The first-order valence-corrected chi connectivity index (χ1v) is 11.8. The summed E-state index contributed by atoms with van der Waals surface area (Å²) in [6.07, 6.45) is -10.2. The molecule has 3 unspecified atom stereocenters. The van der Waals surface area contributed by atoms with Crippen LogP contribution in [0.3, 0.4) is 0 Å². The average Bonchev–Trinajstić information content (AvgIpc) is 3.18. The number of carbonyl (C=O) groups excluding carboxylic acids is 3. The lowest BCUT2D eigenvalue weighted by Gasteiger charge is -2.35. The van der Waals surface area contributed by atoms with Gasteiger partial charge < -0.3 is 24.1 Å². The van der Waals surface area contributed by atoms with Crippen molar-refractivity contribution in [3.05, 3.63) is 0 Å². The van der Waals surface area contributed by atoms with Crippen molar-refractivity contribution in [2.24, 2.45) is 5.41 Å². The first kappa shape index (κ1) is 35.6. The summed E-state index contributed by atoms with van der Waals surface area (Å²) < 4.78 is 177. The van der Waals surface area contributed by atoms with E-state index in [9.17, 15) is 71.8 Å². The van der Waals surface area contributed by atoms with E-state index in [1.807, 2.05) is 0 Å². The summed E-state index contributed by atoms with van der Waals surface area (Å²) in [5, 5.41) is 5.09. The predicted octanol–water partition coefficient (Wildman–Crippen LogP) is 2.16. The molecule has 0 aromatic carbocycles. The van der Waals surface area contributed by atoms with Gasteiger partial charge in [-0.1, -0.05) is 6.92 Å². The molecule has 0 spiro atoms. The number of hydrogen-bond acceptors (Lipinski definition) is 10. The number of alkyl halides is 10. The SMILES string of the molecule is CC(COC(=O)CF)(COC(=O)C(F)(F)C(F)(F)C(F)(F)F)COC1(O)CCCC1OC(=O)C(F)(F)S(=O)(=O)O. The summed E-state index contributed by atoms with van der Waals surface area (Å²) in [6, 6.07) is 0. The molecule has 2 N–H and O–H groups in total. The number of esters is 3. The van der Waals surface area contributed by atoms with E-state index in [2.05, 4.69) is 14.2 Å². The molecule has 0 aliphatic heterocycles. The lowest BCUT2D eigenvalue weighted by molar-refractivity contribution is -0.348. The fourth-order valence-corrected chi connectivity index (χ4v) is 3.16. The first-order valence-electron chi connectivity index (χ1n) is 10.4. The second-order valence-corrected chi connectivity index (χ2v) is 10.2. The molecular formula is C18H20F10O11S. The van der Waals surface area contributed by atoms with Gasteiger partial charge in [-0.3, -0.25) is 4.55 Å². The molecule has 1 saturated carbocycles. The average molecular weight is 634 g/mol. The van der Waals surface area contributed by atoms with Crippen LogP contribution < -0.4 is 0 Å². The van der Waals surface area contributed by atoms with Crippen molar-refractivity contribution in [3.8, 4) is 0 Å². The van der Waals surface area contributed by atoms with Crippen LogP contribution in [0.15, 0.2) is 0 Å². The molecule has 0 aromatic rings. The number of aliphatic hydroxyl groups is 1. The maximum absolute atomic E-state index is 13.6. The Bertz CT molecular complexity index is 1070. The quantitative estimate of drug-likeness (QED) is 0.100. The van der Waals surface area contributed by atoms with Crippen molar-refractivity contribution in [3.63, 3.8) is 0 Å². The van der Waals surface area contributed by atoms with Gasteiger partial charge in [0.25, 0.3) is 0 Å². The van der Waals surface area contributed by atoms with Crippen LogP contribution in [-0.4, -0.2) is 97.6 Å². The van der Waals surface area contributed by atoms with Crippen LogP contribution >= 0.6 is 0 Å². The van der Waals surface area contributed by atoms with Gasteiger partial charge in [0, 0.05) is 6.42 Å². The molecule has 40 heavy (non-hydrogen) atoms. The Morgan fingerprint density at radius 2 is 1.45 bits per heavy atom. The lowest BCUT2D eigenvalue weighted by Crippen LogP contribution is -2.57. The van der Waals surface area contributed by atoms with Crippen LogP contribution in [0, 0.1) is 5.41 Å². The monoisotopic (exact) mass is 634 g/mol.